The van der Waals surface area contributed by atoms with E-state index in [-0.39, 0.29) is 6.42 Å². The Hall–Kier alpha value is -1.59. The van der Waals surface area contributed by atoms with Crippen LogP contribution < -0.4 is 5.32 Å². The minimum absolute atomic E-state index is 0.0608. The van der Waals surface area contributed by atoms with Gasteiger partial charge in [-0.2, -0.15) is 0 Å². The maximum atomic E-state index is 11.3. The van der Waals surface area contributed by atoms with Crippen LogP contribution >= 0.6 is 0 Å². The first-order valence-corrected chi connectivity index (χ1v) is 4.48. The van der Waals surface area contributed by atoms with Crippen LogP contribution in [0.2, 0.25) is 0 Å². The Morgan fingerprint density at radius 3 is 2.27 bits per heavy atom. The molecule has 0 saturated carbocycles. The summed E-state index contributed by atoms with van der Waals surface area (Å²) in [6.45, 7) is 2.88. The average molecular weight is 217 g/mol. The van der Waals surface area contributed by atoms with Crippen molar-refractivity contribution in [1.82, 2.24) is 5.32 Å². The van der Waals surface area contributed by atoms with Crippen LogP contribution in [-0.4, -0.2) is 36.1 Å². The summed E-state index contributed by atoms with van der Waals surface area (Å²) in [5, 5.41) is 10.8. The van der Waals surface area contributed by atoms with Gasteiger partial charge in [0.25, 0.3) is 0 Å². The fourth-order valence-electron chi connectivity index (χ4n) is 0.843. The molecule has 0 aromatic rings. The smallest absolute Gasteiger partial charge is 0.325 e. The minimum Gasteiger partial charge on any atom is -0.480 e. The van der Waals surface area contributed by atoms with E-state index in [1.165, 1.54) is 21.0 Å². The molecule has 0 heterocycles. The Morgan fingerprint density at radius 1 is 1.33 bits per heavy atom. The second-order valence-corrected chi connectivity index (χ2v) is 3.25. The number of rotatable bonds is 5. The molecule has 0 radical (unpaired) electrons. The summed E-state index contributed by atoms with van der Waals surface area (Å²) < 4.78 is 4.39. The molecule has 0 saturated heterocycles. The van der Waals surface area contributed by atoms with Crippen molar-refractivity contribution in [2.45, 2.75) is 26.3 Å². The zero-order valence-corrected chi connectivity index (χ0v) is 8.94. The average Bonchev–Trinajstić information content (AvgIpc) is 2.16. The third-order valence-corrected chi connectivity index (χ3v) is 1.88. The molecule has 0 aromatic carbocycles. The van der Waals surface area contributed by atoms with E-state index in [2.05, 4.69) is 10.1 Å². The zero-order chi connectivity index (χ0) is 12.0. The van der Waals surface area contributed by atoms with Crippen LogP contribution in [0.15, 0.2) is 0 Å². The fraction of sp³-hybridized carbons (Fsp3) is 0.667. The molecule has 6 nitrogen and oxygen atoms in total. The van der Waals surface area contributed by atoms with Crippen molar-refractivity contribution < 1.29 is 24.2 Å². The second-order valence-electron chi connectivity index (χ2n) is 3.25. The second kappa shape index (κ2) is 6.00. The number of nitrogens with one attached hydrogen (secondary N) is 1. The predicted octanol–water partition coefficient (Wildman–Crippen LogP) is -0.225. The van der Waals surface area contributed by atoms with Gasteiger partial charge in [-0.3, -0.25) is 14.4 Å². The fourth-order valence-corrected chi connectivity index (χ4v) is 0.843. The molecule has 2 N–H and O–H groups in total. The maximum Gasteiger partial charge on any atom is 0.325 e. The van der Waals surface area contributed by atoms with Gasteiger partial charge < -0.3 is 15.2 Å². The van der Waals surface area contributed by atoms with Crippen molar-refractivity contribution in [3.8, 4) is 0 Å². The molecule has 15 heavy (non-hydrogen) atoms. The van der Waals surface area contributed by atoms with E-state index in [1.807, 2.05) is 0 Å². The van der Waals surface area contributed by atoms with Crippen molar-refractivity contribution in [3.05, 3.63) is 0 Å². The summed E-state index contributed by atoms with van der Waals surface area (Å²) in [6, 6.07) is -0.961. The Bertz CT molecular complexity index is 263. The number of ether oxygens (including phenoxy) is 1. The molecule has 0 spiro atoms. The van der Waals surface area contributed by atoms with Crippen LogP contribution in [-0.2, 0) is 19.1 Å². The standard InChI is InChI=1S/C9H15NO5/c1-5(4-7(11)15-3)8(12)10-6(2)9(13)14/h5-6H,4H2,1-3H3,(H,10,12)(H,13,14)/t5?,6-/m0/s1. The van der Waals surface area contributed by atoms with Gasteiger partial charge in [0, 0.05) is 5.92 Å². The first-order valence-electron chi connectivity index (χ1n) is 4.48. The van der Waals surface area contributed by atoms with Crippen LogP contribution in [0.1, 0.15) is 20.3 Å². The van der Waals surface area contributed by atoms with Gasteiger partial charge in [-0.15, -0.1) is 0 Å². The summed E-state index contributed by atoms with van der Waals surface area (Å²) in [5.41, 5.74) is 0. The van der Waals surface area contributed by atoms with Crippen LogP contribution in [0.5, 0.6) is 0 Å². The zero-order valence-electron chi connectivity index (χ0n) is 8.94. The molecular weight excluding hydrogens is 202 g/mol. The summed E-state index contributed by atoms with van der Waals surface area (Å²) >= 11 is 0. The van der Waals surface area contributed by atoms with Gasteiger partial charge in [0.2, 0.25) is 5.91 Å². The SMILES string of the molecule is COC(=O)CC(C)C(=O)N[C@@H](C)C(=O)O. The minimum atomic E-state index is -1.12. The Morgan fingerprint density at radius 2 is 1.87 bits per heavy atom. The van der Waals surface area contributed by atoms with Crippen LogP contribution in [0, 0.1) is 5.92 Å². The lowest BCUT2D eigenvalue weighted by atomic mass is 10.1. The van der Waals surface area contributed by atoms with E-state index >= 15 is 0 Å². The lowest BCUT2D eigenvalue weighted by Gasteiger charge is -2.13. The molecule has 2 atom stereocenters. The molecule has 0 bridgehead atoms. The van der Waals surface area contributed by atoms with Crippen molar-refractivity contribution in [1.29, 1.82) is 0 Å². The van der Waals surface area contributed by atoms with Crippen LogP contribution in [0.4, 0.5) is 0 Å². The van der Waals surface area contributed by atoms with E-state index in [1.54, 1.807) is 0 Å². The number of hydrogen-bond acceptors (Lipinski definition) is 4. The Kier molecular flexibility index (Phi) is 5.36. The lowest BCUT2D eigenvalue weighted by molar-refractivity contribution is -0.145. The molecule has 86 valence electrons. The van der Waals surface area contributed by atoms with E-state index in [0.717, 1.165) is 0 Å². The number of carbonyl (C=O) groups excluding carboxylic acids is 2. The summed E-state index contributed by atoms with van der Waals surface area (Å²) in [7, 11) is 1.23. The van der Waals surface area contributed by atoms with E-state index in [9.17, 15) is 14.4 Å². The van der Waals surface area contributed by atoms with Crippen molar-refractivity contribution in [2.24, 2.45) is 5.92 Å². The molecular formula is C9H15NO5. The number of hydrogen-bond donors (Lipinski definition) is 2. The number of methoxy groups -OCH3 is 1. The van der Waals surface area contributed by atoms with Gasteiger partial charge in [-0.05, 0) is 6.92 Å². The lowest BCUT2D eigenvalue weighted by Crippen LogP contribution is -2.41. The normalized spacial score (nSPS) is 13.8. The molecule has 6 heteroatoms. The van der Waals surface area contributed by atoms with Gasteiger partial charge in [0.05, 0.1) is 13.5 Å². The summed E-state index contributed by atoms with van der Waals surface area (Å²) in [5.74, 6) is -2.69. The van der Waals surface area contributed by atoms with Crippen molar-refractivity contribution >= 4 is 17.8 Å². The monoisotopic (exact) mass is 217 g/mol. The molecule has 0 aliphatic carbocycles. The first-order chi connectivity index (χ1) is 6.88. The third kappa shape index (κ3) is 4.99. The number of carboxylic acid groups (broad SMARTS) is 1. The highest BCUT2D eigenvalue weighted by atomic mass is 16.5. The quantitative estimate of drug-likeness (QED) is 0.621. The van der Waals surface area contributed by atoms with Gasteiger partial charge in [0.1, 0.15) is 6.04 Å². The number of aliphatic carboxylic acids is 1. The number of amides is 1. The molecule has 0 rings (SSSR count). The molecule has 1 amide bonds. The summed E-state index contributed by atoms with van der Waals surface area (Å²) in [6.07, 6.45) is -0.0608. The number of carbonyl (C=O) groups is 3. The Labute approximate surface area is 87.6 Å². The van der Waals surface area contributed by atoms with E-state index in [0.29, 0.717) is 0 Å². The summed E-state index contributed by atoms with van der Waals surface area (Å²) in [4.78, 5) is 32.6. The molecule has 0 aliphatic heterocycles. The molecule has 0 fully saturated rings. The molecule has 1 unspecified atom stereocenters. The number of carboxylic acids is 1. The van der Waals surface area contributed by atoms with Crippen LogP contribution in [0.3, 0.4) is 0 Å². The highest BCUT2D eigenvalue weighted by Gasteiger charge is 2.21. The number of esters is 1. The maximum absolute atomic E-state index is 11.3. The largest absolute Gasteiger partial charge is 0.480 e. The first kappa shape index (κ1) is 13.4. The van der Waals surface area contributed by atoms with Crippen molar-refractivity contribution in [3.63, 3.8) is 0 Å². The van der Waals surface area contributed by atoms with E-state index < -0.39 is 29.8 Å². The van der Waals surface area contributed by atoms with Crippen molar-refractivity contribution in [2.75, 3.05) is 7.11 Å². The topological polar surface area (TPSA) is 92.7 Å². The highest BCUT2D eigenvalue weighted by molar-refractivity contribution is 5.87. The van der Waals surface area contributed by atoms with Gasteiger partial charge in [-0.1, -0.05) is 6.92 Å². The third-order valence-electron chi connectivity index (χ3n) is 1.88. The molecule has 0 aromatic heterocycles. The van der Waals surface area contributed by atoms with Gasteiger partial charge in [0.15, 0.2) is 0 Å². The molecule has 0 aliphatic rings. The predicted molar refractivity (Wildman–Crippen MR) is 51.0 cm³/mol. The van der Waals surface area contributed by atoms with Crippen LogP contribution in [0.25, 0.3) is 0 Å². The van der Waals surface area contributed by atoms with Gasteiger partial charge in [-0.25, -0.2) is 0 Å². The Balaban J connectivity index is 4.10. The highest BCUT2D eigenvalue weighted by Crippen LogP contribution is 2.03. The van der Waals surface area contributed by atoms with Gasteiger partial charge >= 0.3 is 11.9 Å². The van der Waals surface area contributed by atoms with E-state index in [4.69, 9.17) is 5.11 Å².